The summed E-state index contributed by atoms with van der Waals surface area (Å²) in [5.74, 6) is 0.331. The van der Waals surface area contributed by atoms with Crippen LogP contribution in [0, 0.1) is 0 Å². The highest BCUT2D eigenvalue weighted by Gasteiger charge is 2.11. The summed E-state index contributed by atoms with van der Waals surface area (Å²) in [6.07, 6.45) is 2.24. The molecule has 0 saturated heterocycles. The van der Waals surface area contributed by atoms with Gasteiger partial charge >= 0.3 is 0 Å². The largest absolute Gasteiger partial charge is 0.506 e. The number of nitrogens with zero attached hydrogens (tertiary/aromatic N) is 1. The van der Waals surface area contributed by atoms with E-state index in [1.54, 1.807) is 6.07 Å². The van der Waals surface area contributed by atoms with E-state index in [0.29, 0.717) is 5.75 Å². The van der Waals surface area contributed by atoms with Gasteiger partial charge in [0.25, 0.3) is 0 Å². The van der Waals surface area contributed by atoms with Crippen LogP contribution in [0.3, 0.4) is 0 Å². The minimum atomic E-state index is 0.331. The van der Waals surface area contributed by atoms with Crippen LogP contribution in [0.5, 0.6) is 5.75 Å². The summed E-state index contributed by atoms with van der Waals surface area (Å²) >= 11 is 0. The molecule has 0 fully saturated rings. The molecule has 0 heterocycles. The van der Waals surface area contributed by atoms with Crippen LogP contribution in [0.2, 0.25) is 0 Å². The van der Waals surface area contributed by atoms with Crippen molar-refractivity contribution in [1.29, 1.82) is 0 Å². The molecule has 2 aromatic rings. The monoisotopic (exact) mass is 241 g/mol. The molecular formula is C16H19NO. The molecule has 0 atom stereocenters. The molecule has 0 aliphatic rings. The first-order chi connectivity index (χ1) is 8.83. The SMILES string of the molecule is CCCCN(c1ccccc1)c1ccccc1O. The Morgan fingerprint density at radius 2 is 1.61 bits per heavy atom. The molecule has 1 N–H and O–H groups in total. The van der Waals surface area contributed by atoms with Crippen molar-refractivity contribution in [3.8, 4) is 5.75 Å². The van der Waals surface area contributed by atoms with E-state index >= 15 is 0 Å². The van der Waals surface area contributed by atoms with Crippen molar-refractivity contribution in [3.05, 3.63) is 54.6 Å². The molecule has 2 rings (SSSR count). The number of benzene rings is 2. The first-order valence-corrected chi connectivity index (χ1v) is 6.43. The van der Waals surface area contributed by atoms with E-state index in [-0.39, 0.29) is 0 Å². The Labute approximate surface area is 109 Å². The molecule has 0 aromatic heterocycles. The number of para-hydroxylation sites is 3. The Hall–Kier alpha value is -1.96. The third kappa shape index (κ3) is 2.83. The highest BCUT2D eigenvalue weighted by atomic mass is 16.3. The van der Waals surface area contributed by atoms with E-state index in [1.165, 1.54) is 0 Å². The van der Waals surface area contributed by atoms with E-state index in [1.807, 2.05) is 36.4 Å². The summed E-state index contributed by atoms with van der Waals surface area (Å²) < 4.78 is 0. The summed E-state index contributed by atoms with van der Waals surface area (Å²) in [4.78, 5) is 2.17. The van der Waals surface area contributed by atoms with Gasteiger partial charge in [-0.2, -0.15) is 0 Å². The molecule has 0 saturated carbocycles. The van der Waals surface area contributed by atoms with E-state index in [2.05, 4.69) is 24.0 Å². The molecule has 0 spiro atoms. The molecule has 0 unspecified atom stereocenters. The number of phenolic OH excluding ortho intramolecular Hbond substituents is 1. The zero-order chi connectivity index (χ0) is 12.8. The predicted molar refractivity (Wildman–Crippen MR) is 76.5 cm³/mol. The quantitative estimate of drug-likeness (QED) is 0.842. The molecule has 0 aliphatic carbocycles. The Bertz CT molecular complexity index is 481. The first-order valence-electron chi connectivity index (χ1n) is 6.43. The number of phenols is 1. The van der Waals surface area contributed by atoms with Gasteiger partial charge in [-0.25, -0.2) is 0 Å². The van der Waals surface area contributed by atoms with Gasteiger partial charge in [-0.05, 0) is 30.7 Å². The molecule has 0 radical (unpaired) electrons. The molecule has 94 valence electrons. The summed E-state index contributed by atoms with van der Waals surface area (Å²) in [6, 6.07) is 17.7. The number of anilines is 2. The van der Waals surface area contributed by atoms with Gasteiger partial charge in [-0.1, -0.05) is 43.7 Å². The Balaban J connectivity index is 2.34. The Kier molecular flexibility index (Phi) is 4.24. The highest BCUT2D eigenvalue weighted by Crippen LogP contribution is 2.32. The second-order valence-electron chi connectivity index (χ2n) is 4.33. The van der Waals surface area contributed by atoms with Crippen LogP contribution in [0.4, 0.5) is 11.4 Å². The van der Waals surface area contributed by atoms with Crippen LogP contribution in [0.15, 0.2) is 54.6 Å². The number of rotatable bonds is 5. The Morgan fingerprint density at radius 1 is 0.944 bits per heavy atom. The van der Waals surface area contributed by atoms with Crippen LogP contribution in [-0.4, -0.2) is 11.7 Å². The average molecular weight is 241 g/mol. The van der Waals surface area contributed by atoms with Gasteiger partial charge in [-0.15, -0.1) is 0 Å². The van der Waals surface area contributed by atoms with E-state index in [0.717, 1.165) is 30.8 Å². The minimum Gasteiger partial charge on any atom is -0.506 e. The maximum atomic E-state index is 10.00. The molecule has 18 heavy (non-hydrogen) atoms. The van der Waals surface area contributed by atoms with Gasteiger partial charge < -0.3 is 10.0 Å². The van der Waals surface area contributed by atoms with Gasteiger partial charge in [0.05, 0.1) is 5.69 Å². The fraction of sp³-hybridized carbons (Fsp3) is 0.250. The lowest BCUT2D eigenvalue weighted by molar-refractivity contribution is 0.475. The fourth-order valence-electron chi connectivity index (χ4n) is 2.01. The Morgan fingerprint density at radius 3 is 2.28 bits per heavy atom. The average Bonchev–Trinajstić information content (AvgIpc) is 2.42. The zero-order valence-electron chi connectivity index (χ0n) is 10.7. The summed E-state index contributed by atoms with van der Waals surface area (Å²) in [5, 5.41) is 10.00. The molecule has 2 heteroatoms. The van der Waals surface area contributed by atoms with Crippen molar-refractivity contribution in [2.24, 2.45) is 0 Å². The number of unbranched alkanes of at least 4 members (excludes halogenated alkanes) is 1. The van der Waals surface area contributed by atoms with E-state index < -0.39 is 0 Å². The van der Waals surface area contributed by atoms with Crippen LogP contribution in [-0.2, 0) is 0 Å². The predicted octanol–water partition coefficient (Wildman–Crippen LogP) is 4.33. The van der Waals surface area contributed by atoms with Crippen LogP contribution < -0.4 is 4.90 Å². The van der Waals surface area contributed by atoms with Crippen molar-refractivity contribution < 1.29 is 5.11 Å². The number of aromatic hydroxyl groups is 1. The summed E-state index contributed by atoms with van der Waals surface area (Å²) in [5.41, 5.74) is 1.99. The number of hydrogen-bond donors (Lipinski definition) is 1. The highest BCUT2D eigenvalue weighted by molar-refractivity contribution is 5.68. The topological polar surface area (TPSA) is 23.5 Å². The lowest BCUT2D eigenvalue weighted by atomic mass is 10.2. The minimum absolute atomic E-state index is 0.331. The second-order valence-corrected chi connectivity index (χ2v) is 4.33. The lowest BCUT2D eigenvalue weighted by Crippen LogP contribution is -2.18. The second kappa shape index (κ2) is 6.10. The molecule has 2 aromatic carbocycles. The summed E-state index contributed by atoms with van der Waals surface area (Å²) in [6.45, 7) is 3.09. The van der Waals surface area contributed by atoms with Crippen LogP contribution in [0.25, 0.3) is 0 Å². The smallest absolute Gasteiger partial charge is 0.139 e. The van der Waals surface area contributed by atoms with Crippen molar-refractivity contribution >= 4 is 11.4 Å². The normalized spacial score (nSPS) is 10.3. The number of hydrogen-bond acceptors (Lipinski definition) is 2. The van der Waals surface area contributed by atoms with E-state index in [4.69, 9.17) is 0 Å². The fourth-order valence-corrected chi connectivity index (χ4v) is 2.01. The molecule has 0 aliphatic heterocycles. The van der Waals surface area contributed by atoms with E-state index in [9.17, 15) is 5.11 Å². The van der Waals surface area contributed by atoms with Gasteiger partial charge in [0, 0.05) is 12.2 Å². The van der Waals surface area contributed by atoms with Gasteiger partial charge in [-0.3, -0.25) is 0 Å². The van der Waals surface area contributed by atoms with Crippen LogP contribution in [0.1, 0.15) is 19.8 Å². The van der Waals surface area contributed by atoms with Crippen molar-refractivity contribution in [2.45, 2.75) is 19.8 Å². The van der Waals surface area contributed by atoms with Gasteiger partial charge in [0.1, 0.15) is 5.75 Å². The van der Waals surface area contributed by atoms with Gasteiger partial charge in [0.15, 0.2) is 0 Å². The van der Waals surface area contributed by atoms with Gasteiger partial charge in [0.2, 0.25) is 0 Å². The first kappa shape index (κ1) is 12.5. The zero-order valence-corrected chi connectivity index (χ0v) is 10.7. The summed E-state index contributed by atoms with van der Waals surface area (Å²) in [7, 11) is 0. The van der Waals surface area contributed by atoms with Crippen LogP contribution >= 0.6 is 0 Å². The maximum Gasteiger partial charge on any atom is 0.139 e. The molecule has 2 nitrogen and oxygen atoms in total. The van der Waals surface area contributed by atoms with Crippen molar-refractivity contribution in [3.63, 3.8) is 0 Å². The molecular weight excluding hydrogens is 222 g/mol. The van der Waals surface area contributed by atoms with Crippen molar-refractivity contribution in [1.82, 2.24) is 0 Å². The maximum absolute atomic E-state index is 10.00. The molecule has 0 bridgehead atoms. The third-order valence-corrected chi connectivity index (χ3v) is 2.98. The lowest BCUT2D eigenvalue weighted by Gasteiger charge is -2.25. The van der Waals surface area contributed by atoms with Crippen molar-refractivity contribution in [2.75, 3.05) is 11.4 Å². The standard InChI is InChI=1S/C16H19NO/c1-2-3-13-17(14-9-5-4-6-10-14)15-11-7-8-12-16(15)18/h4-12,18H,2-3,13H2,1H3. The third-order valence-electron chi connectivity index (χ3n) is 2.98. The molecule has 0 amide bonds.